The second-order valence-corrected chi connectivity index (χ2v) is 4.66. The second-order valence-electron chi connectivity index (χ2n) is 4.66. The molecule has 1 aromatic carbocycles. The molecule has 16 heavy (non-hydrogen) atoms. The smallest absolute Gasteiger partial charge is 0.120 e. The molecule has 0 saturated carbocycles. The summed E-state index contributed by atoms with van der Waals surface area (Å²) < 4.78 is 5.20. The summed E-state index contributed by atoms with van der Waals surface area (Å²) in [6.45, 7) is 4.54. The van der Waals surface area contributed by atoms with Gasteiger partial charge in [0.1, 0.15) is 5.75 Å². The SMILES string of the molecule is COc1ccc2c(c1)NC(CO)C2C(C)C. The number of hydrogen-bond donors (Lipinski definition) is 2. The summed E-state index contributed by atoms with van der Waals surface area (Å²) in [5.41, 5.74) is 2.38. The van der Waals surface area contributed by atoms with Crippen molar-refractivity contribution in [3.8, 4) is 5.75 Å². The Morgan fingerprint density at radius 2 is 2.19 bits per heavy atom. The van der Waals surface area contributed by atoms with Gasteiger partial charge < -0.3 is 15.2 Å². The first-order valence-electron chi connectivity index (χ1n) is 5.72. The molecule has 2 unspecified atom stereocenters. The number of benzene rings is 1. The van der Waals surface area contributed by atoms with E-state index in [1.54, 1.807) is 7.11 Å². The lowest BCUT2D eigenvalue weighted by Crippen LogP contribution is -2.27. The first-order valence-corrected chi connectivity index (χ1v) is 5.72. The van der Waals surface area contributed by atoms with Gasteiger partial charge in [-0.2, -0.15) is 0 Å². The Morgan fingerprint density at radius 1 is 1.44 bits per heavy atom. The Labute approximate surface area is 96.4 Å². The number of ether oxygens (including phenoxy) is 1. The lowest BCUT2D eigenvalue weighted by Gasteiger charge is -2.21. The predicted molar refractivity (Wildman–Crippen MR) is 65.1 cm³/mol. The van der Waals surface area contributed by atoms with Gasteiger partial charge >= 0.3 is 0 Å². The van der Waals surface area contributed by atoms with Gasteiger partial charge in [0.25, 0.3) is 0 Å². The molecule has 1 aliphatic rings. The van der Waals surface area contributed by atoms with E-state index < -0.39 is 0 Å². The summed E-state index contributed by atoms with van der Waals surface area (Å²) in [6, 6.07) is 6.21. The van der Waals surface area contributed by atoms with Gasteiger partial charge in [0, 0.05) is 17.7 Å². The van der Waals surface area contributed by atoms with Crippen LogP contribution in [0.3, 0.4) is 0 Å². The zero-order chi connectivity index (χ0) is 11.7. The van der Waals surface area contributed by atoms with Crippen molar-refractivity contribution >= 4 is 5.69 Å². The van der Waals surface area contributed by atoms with E-state index in [1.807, 2.05) is 12.1 Å². The quantitative estimate of drug-likeness (QED) is 0.822. The van der Waals surface area contributed by atoms with Crippen LogP contribution < -0.4 is 10.1 Å². The normalized spacial score (nSPS) is 23.1. The van der Waals surface area contributed by atoms with E-state index in [-0.39, 0.29) is 12.6 Å². The predicted octanol–water partition coefficient (Wildman–Crippen LogP) is 2.22. The van der Waals surface area contributed by atoms with Crippen molar-refractivity contribution in [3.63, 3.8) is 0 Å². The molecule has 0 amide bonds. The number of aliphatic hydroxyl groups excluding tert-OH is 1. The number of fused-ring (bicyclic) bond motifs is 1. The van der Waals surface area contributed by atoms with Crippen LogP contribution in [-0.4, -0.2) is 24.9 Å². The van der Waals surface area contributed by atoms with Gasteiger partial charge in [-0.05, 0) is 17.5 Å². The van der Waals surface area contributed by atoms with Crippen molar-refractivity contribution < 1.29 is 9.84 Å². The molecule has 0 bridgehead atoms. The highest BCUT2D eigenvalue weighted by Gasteiger charge is 2.33. The van der Waals surface area contributed by atoms with E-state index in [9.17, 15) is 5.11 Å². The molecule has 1 aliphatic heterocycles. The molecule has 2 rings (SSSR count). The van der Waals surface area contributed by atoms with Crippen molar-refractivity contribution in [1.82, 2.24) is 0 Å². The number of methoxy groups -OCH3 is 1. The van der Waals surface area contributed by atoms with Crippen molar-refractivity contribution in [1.29, 1.82) is 0 Å². The molecule has 2 N–H and O–H groups in total. The number of anilines is 1. The standard InChI is InChI=1S/C13H19NO2/c1-8(2)13-10-5-4-9(16-3)6-11(10)14-12(13)7-15/h4-6,8,12-15H,7H2,1-3H3. The Hall–Kier alpha value is -1.22. The molecule has 0 fully saturated rings. The third-order valence-corrected chi connectivity index (χ3v) is 3.31. The molecule has 3 nitrogen and oxygen atoms in total. The van der Waals surface area contributed by atoms with Gasteiger partial charge in [0.2, 0.25) is 0 Å². The highest BCUT2D eigenvalue weighted by atomic mass is 16.5. The van der Waals surface area contributed by atoms with E-state index in [0.717, 1.165) is 11.4 Å². The van der Waals surface area contributed by atoms with E-state index in [1.165, 1.54) is 5.56 Å². The lowest BCUT2D eigenvalue weighted by molar-refractivity contribution is 0.249. The minimum Gasteiger partial charge on any atom is -0.497 e. The number of rotatable bonds is 3. The molecule has 2 atom stereocenters. The fraction of sp³-hybridized carbons (Fsp3) is 0.538. The summed E-state index contributed by atoms with van der Waals surface area (Å²) in [5.74, 6) is 1.75. The highest BCUT2D eigenvalue weighted by molar-refractivity contribution is 5.62. The summed E-state index contributed by atoms with van der Waals surface area (Å²) in [7, 11) is 1.67. The van der Waals surface area contributed by atoms with Crippen LogP contribution in [0.25, 0.3) is 0 Å². The van der Waals surface area contributed by atoms with E-state index in [4.69, 9.17) is 4.74 Å². The third kappa shape index (κ3) is 1.76. The Bertz CT molecular complexity index is 376. The fourth-order valence-corrected chi connectivity index (χ4v) is 2.57. The average molecular weight is 221 g/mol. The van der Waals surface area contributed by atoms with E-state index in [0.29, 0.717) is 11.8 Å². The van der Waals surface area contributed by atoms with E-state index in [2.05, 4.69) is 25.2 Å². The molecule has 1 aromatic rings. The van der Waals surface area contributed by atoms with Crippen LogP contribution in [0, 0.1) is 5.92 Å². The summed E-state index contributed by atoms with van der Waals surface area (Å²) >= 11 is 0. The van der Waals surface area contributed by atoms with Crippen molar-refractivity contribution in [2.75, 3.05) is 19.0 Å². The first kappa shape index (κ1) is 11.3. The summed E-state index contributed by atoms with van der Waals surface area (Å²) in [4.78, 5) is 0. The maximum absolute atomic E-state index is 9.39. The molecular weight excluding hydrogens is 202 g/mol. The number of hydrogen-bond acceptors (Lipinski definition) is 3. The van der Waals surface area contributed by atoms with Crippen molar-refractivity contribution in [2.45, 2.75) is 25.8 Å². The molecule has 88 valence electrons. The minimum atomic E-state index is 0.127. The zero-order valence-corrected chi connectivity index (χ0v) is 10.0. The third-order valence-electron chi connectivity index (χ3n) is 3.31. The van der Waals surface area contributed by atoms with Gasteiger partial charge in [-0.1, -0.05) is 19.9 Å². The molecule has 1 heterocycles. The number of aliphatic hydroxyl groups is 1. The Morgan fingerprint density at radius 3 is 2.75 bits per heavy atom. The monoisotopic (exact) mass is 221 g/mol. The minimum absolute atomic E-state index is 0.127. The Balaban J connectivity index is 2.37. The maximum Gasteiger partial charge on any atom is 0.120 e. The van der Waals surface area contributed by atoms with Crippen LogP contribution in [-0.2, 0) is 0 Å². The van der Waals surface area contributed by atoms with Crippen molar-refractivity contribution in [2.24, 2.45) is 5.92 Å². The van der Waals surface area contributed by atoms with Gasteiger partial charge in [-0.15, -0.1) is 0 Å². The molecule has 3 heteroatoms. The molecule has 0 spiro atoms. The van der Waals surface area contributed by atoms with Gasteiger partial charge in [0.15, 0.2) is 0 Å². The van der Waals surface area contributed by atoms with Gasteiger partial charge in [-0.25, -0.2) is 0 Å². The van der Waals surface area contributed by atoms with Crippen LogP contribution >= 0.6 is 0 Å². The van der Waals surface area contributed by atoms with Crippen molar-refractivity contribution in [3.05, 3.63) is 23.8 Å². The molecular formula is C13H19NO2. The summed E-state index contributed by atoms with van der Waals surface area (Å²) in [5, 5.41) is 12.8. The van der Waals surface area contributed by atoms with Gasteiger partial charge in [-0.3, -0.25) is 0 Å². The molecule has 0 aliphatic carbocycles. The molecule has 0 radical (unpaired) electrons. The second kappa shape index (κ2) is 4.34. The average Bonchev–Trinajstić information content (AvgIpc) is 2.65. The van der Waals surface area contributed by atoms with Crippen LogP contribution in [0.2, 0.25) is 0 Å². The van der Waals surface area contributed by atoms with Crippen LogP contribution in [0.4, 0.5) is 5.69 Å². The lowest BCUT2D eigenvalue weighted by atomic mass is 9.85. The topological polar surface area (TPSA) is 41.5 Å². The van der Waals surface area contributed by atoms with Crippen LogP contribution in [0.15, 0.2) is 18.2 Å². The molecule has 0 saturated heterocycles. The Kier molecular flexibility index (Phi) is 3.06. The molecule has 0 aromatic heterocycles. The van der Waals surface area contributed by atoms with Gasteiger partial charge in [0.05, 0.1) is 19.8 Å². The summed E-state index contributed by atoms with van der Waals surface area (Å²) in [6.07, 6.45) is 0. The maximum atomic E-state index is 9.39. The van der Waals surface area contributed by atoms with E-state index >= 15 is 0 Å². The zero-order valence-electron chi connectivity index (χ0n) is 10.0. The van der Waals surface area contributed by atoms with Crippen LogP contribution in [0.5, 0.6) is 5.75 Å². The van der Waals surface area contributed by atoms with Crippen LogP contribution in [0.1, 0.15) is 25.3 Å². The highest BCUT2D eigenvalue weighted by Crippen LogP contribution is 2.41. The number of nitrogens with one attached hydrogen (secondary N) is 1. The fourth-order valence-electron chi connectivity index (χ4n) is 2.57. The largest absolute Gasteiger partial charge is 0.497 e. The first-order chi connectivity index (χ1) is 7.67.